The average Bonchev–Trinajstić information content (AvgIpc) is 2.82. The van der Waals surface area contributed by atoms with Crippen molar-refractivity contribution in [3.05, 3.63) is 67.0 Å². The lowest BCUT2D eigenvalue weighted by atomic mass is 10.0. The number of H-pyrrole nitrogens is 1. The zero-order valence-electron chi connectivity index (χ0n) is 10.1. The van der Waals surface area contributed by atoms with Crippen LogP contribution in [0.25, 0.3) is 22.2 Å². The molecule has 0 fully saturated rings. The van der Waals surface area contributed by atoms with Gasteiger partial charge in [-0.1, -0.05) is 48.5 Å². The van der Waals surface area contributed by atoms with E-state index in [2.05, 4.69) is 46.9 Å². The fourth-order valence-electron chi connectivity index (χ4n) is 2.17. The smallest absolute Gasteiger partial charge is 0.111 e. The van der Waals surface area contributed by atoms with E-state index in [-0.39, 0.29) is 0 Å². The molecule has 2 nitrogen and oxygen atoms in total. The molecular weight excluding hydrogens is 220 g/mol. The number of nitrogens with one attached hydrogen (secondary N) is 1. The van der Waals surface area contributed by atoms with Crippen LogP contribution in [0.3, 0.4) is 0 Å². The number of aromatic amines is 1. The molecule has 0 amide bonds. The van der Waals surface area contributed by atoms with E-state index in [1.807, 2.05) is 24.3 Å². The van der Waals surface area contributed by atoms with Crippen LogP contribution in [0, 0.1) is 0 Å². The number of imidazole rings is 1. The molecule has 1 heterocycles. The van der Waals surface area contributed by atoms with Crippen LogP contribution in [0.1, 0.15) is 5.82 Å². The molecule has 2 aromatic carbocycles. The second-order valence-corrected chi connectivity index (χ2v) is 4.24. The molecular formula is C16H14N2. The highest BCUT2D eigenvalue weighted by molar-refractivity contribution is 5.91. The van der Waals surface area contributed by atoms with Crippen molar-refractivity contribution in [1.82, 2.24) is 9.97 Å². The van der Waals surface area contributed by atoms with E-state index in [0.717, 1.165) is 23.3 Å². The van der Waals surface area contributed by atoms with Gasteiger partial charge in [-0.05, 0) is 11.6 Å². The van der Waals surface area contributed by atoms with Crippen molar-refractivity contribution in [3.8, 4) is 11.1 Å². The summed E-state index contributed by atoms with van der Waals surface area (Å²) < 4.78 is 0. The van der Waals surface area contributed by atoms with E-state index >= 15 is 0 Å². The number of para-hydroxylation sites is 1. The van der Waals surface area contributed by atoms with Crippen molar-refractivity contribution in [1.29, 1.82) is 0 Å². The van der Waals surface area contributed by atoms with Crippen LogP contribution in [-0.2, 0) is 6.42 Å². The Hall–Kier alpha value is -2.35. The van der Waals surface area contributed by atoms with E-state index in [0.29, 0.717) is 0 Å². The molecule has 0 aliphatic carbocycles. The predicted molar refractivity (Wildman–Crippen MR) is 75.4 cm³/mol. The summed E-state index contributed by atoms with van der Waals surface area (Å²) in [4.78, 5) is 7.98. The molecule has 0 bridgehead atoms. The molecule has 3 aromatic rings. The fourth-order valence-corrected chi connectivity index (χ4v) is 2.17. The second kappa shape index (κ2) is 4.49. The first kappa shape index (κ1) is 10.8. The lowest BCUT2D eigenvalue weighted by Gasteiger charge is -2.01. The van der Waals surface area contributed by atoms with Crippen LogP contribution in [0.2, 0.25) is 0 Å². The molecule has 1 N–H and O–H groups in total. The van der Waals surface area contributed by atoms with Crippen molar-refractivity contribution in [3.63, 3.8) is 0 Å². The summed E-state index contributed by atoms with van der Waals surface area (Å²) >= 11 is 0. The summed E-state index contributed by atoms with van der Waals surface area (Å²) in [7, 11) is 0. The Bertz CT molecular complexity index is 681. The molecule has 0 atom stereocenters. The van der Waals surface area contributed by atoms with Gasteiger partial charge in [-0.15, -0.1) is 6.58 Å². The summed E-state index contributed by atoms with van der Waals surface area (Å²) in [5, 5.41) is 0. The minimum Gasteiger partial charge on any atom is -0.342 e. The van der Waals surface area contributed by atoms with Crippen molar-refractivity contribution in [2.45, 2.75) is 6.42 Å². The molecule has 3 rings (SSSR count). The summed E-state index contributed by atoms with van der Waals surface area (Å²) in [5.74, 6) is 0.961. The van der Waals surface area contributed by atoms with Crippen LogP contribution in [0.4, 0.5) is 0 Å². The summed E-state index contributed by atoms with van der Waals surface area (Å²) in [5.41, 5.74) is 4.47. The summed E-state index contributed by atoms with van der Waals surface area (Å²) in [6, 6.07) is 16.6. The molecule has 2 heteroatoms. The Morgan fingerprint density at radius 1 is 1.06 bits per heavy atom. The van der Waals surface area contributed by atoms with Crippen LogP contribution in [0.15, 0.2) is 61.2 Å². The highest BCUT2D eigenvalue weighted by Gasteiger charge is 2.07. The molecule has 88 valence electrons. The predicted octanol–water partition coefficient (Wildman–Crippen LogP) is 3.96. The monoisotopic (exact) mass is 234 g/mol. The minimum atomic E-state index is 0.767. The topological polar surface area (TPSA) is 28.7 Å². The molecule has 0 spiro atoms. The highest BCUT2D eigenvalue weighted by atomic mass is 14.9. The van der Waals surface area contributed by atoms with E-state index < -0.39 is 0 Å². The molecule has 0 saturated heterocycles. The normalized spacial score (nSPS) is 10.7. The average molecular weight is 234 g/mol. The Balaban J connectivity index is 2.20. The van der Waals surface area contributed by atoms with E-state index in [9.17, 15) is 0 Å². The van der Waals surface area contributed by atoms with Gasteiger partial charge < -0.3 is 4.98 Å². The van der Waals surface area contributed by atoms with Crippen molar-refractivity contribution < 1.29 is 0 Å². The van der Waals surface area contributed by atoms with Gasteiger partial charge in [0.25, 0.3) is 0 Å². The molecule has 1 aromatic heterocycles. The number of nitrogens with zero attached hydrogens (tertiary/aromatic N) is 1. The maximum atomic E-state index is 4.65. The number of hydrogen-bond acceptors (Lipinski definition) is 1. The number of aromatic nitrogens is 2. The van der Waals surface area contributed by atoms with Gasteiger partial charge in [-0.2, -0.15) is 0 Å². The van der Waals surface area contributed by atoms with Gasteiger partial charge in [0, 0.05) is 12.0 Å². The first-order valence-electron chi connectivity index (χ1n) is 6.02. The van der Waals surface area contributed by atoms with Crippen molar-refractivity contribution >= 4 is 11.0 Å². The maximum absolute atomic E-state index is 4.65. The quantitative estimate of drug-likeness (QED) is 0.683. The van der Waals surface area contributed by atoms with E-state index in [1.54, 1.807) is 0 Å². The molecule has 18 heavy (non-hydrogen) atoms. The van der Waals surface area contributed by atoms with Crippen molar-refractivity contribution in [2.24, 2.45) is 0 Å². The summed E-state index contributed by atoms with van der Waals surface area (Å²) in [6.45, 7) is 3.75. The van der Waals surface area contributed by atoms with Crippen LogP contribution >= 0.6 is 0 Å². The standard InChI is InChI=1S/C16H14N2/c1-2-7-15-17-14-11-6-10-13(16(14)18-15)12-8-4-3-5-9-12/h2-6,8-11H,1,7H2,(H,17,18). The van der Waals surface area contributed by atoms with E-state index in [1.165, 1.54) is 11.1 Å². The van der Waals surface area contributed by atoms with Crippen LogP contribution < -0.4 is 0 Å². The van der Waals surface area contributed by atoms with Crippen LogP contribution in [-0.4, -0.2) is 9.97 Å². The highest BCUT2D eigenvalue weighted by Crippen LogP contribution is 2.26. The van der Waals surface area contributed by atoms with Gasteiger partial charge in [-0.3, -0.25) is 0 Å². The summed E-state index contributed by atoms with van der Waals surface area (Å²) in [6.07, 6.45) is 2.63. The Kier molecular flexibility index (Phi) is 2.69. The maximum Gasteiger partial charge on any atom is 0.111 e. The molecule has 0 aliphatic heterocycles. The molecule has 0 unspecified atom stereocenters. The zero-order valence-corrected chi connectivity index (χ0v) is 10.1. The van der Waals surface area contributed by atoms with Crippen molar-refractivity contribution in [2.75, 3.05) is 0 Å². The fraction of sp³-hybridized carbons (Fsp3) is 0.0625. The van der Waals surface area contributed by atoms with Crippen LogP contribution in [0.5, 0.6) is 0 Å². The number of benzene rings is 2. The lowest BCUT2D eigenvalue weighted by molar-refractivity contribution is 1.07. The third-order valence-corrected chi connectivity index (χ3v) is 2.98. The Labute approximate surface area is 106 Å². The number of fused-ring (bicyclic) bond motifs is 1. The lowest BCUT2D eigenvalue weighted by Crippen LogP contribution is -1.82. The molecule has 0 saturated carbocycles. The van der Waals surface area contributed by atoms with Gasteiger partial charge >= 0.3 is 0 Å². The Morgan fingerprint density at radius 2 is 1.89 bits per heavy atom. The molecule has 0 aliphatic rings. The Morgan fingerprint density at radius 3 is 2.67 bits per heavy atom. The SMILES string of the molecule is C=CCc1nc2c(-c3ccccc3)cccc2[nH]1. The minimum absolute atomic E-state index is 0.767. The van der Waals surface area contributed by atoms with E-state index in [4.69, 9.17) is 0 Å². The number of rotatable bonds is 3. The first-order valence-corrected chi connectivity index (χ1v) is 6.02. The third kappa shape index (κ3) is 1.82. The van der Waals surface area contributed by atoms with Gasteiger partial charge in [-0.25, -0.2) is 4.98 Å². The second-order valence-electron chi connectivity index (χ2n) is 4.24. The first-order chi connectivity index (χ1) is 8.88. The van der Waals surface area contributed by atoms with Gasteiger partial charge in [0.2, 0.25) is 0 Å². The molecule has 0 radical (unpaired) electrons. The number of allylic oxidation sites excluding steroid dienone is 1. The van der Waals surface area contributed by atoms with Gasteiger partial charge in [0.1, 0.15) is 5.82 Å². The zero-order chi connectivity index (χ0) is 12.4. The number of hydrogen-bond donors (Lipinski definition) is 1. The largest absolute Gasteiger partial charge is 0.342 e. The third-order valence-electron chi connectivity index (χ3n) is 2.98. The van der Waals surface area contributed by atoms with Gasteiger partial charge in [0.05, 0.1) is 11.0 Å². The van der Waals surface area contributed by atoms with Gasteiger partial charge in [0.15, 0.2) is 0 Å².